The highest BCUT2D eigenvalue weighted by Gasteiger charge is 2.05. The third kappa shape index (κ3) is 3.17. The number of hydrogen-bond donors (Lipinski definition) is 2. The van der Waals surface area contributed by atoms with Crippen LogP contribution in [0.15, 0.2) is 18.6 Å². The highest BCUT2D eigenvalue weighted by molar-refractivity contribution is 5.52. The Bertz CT molecular complexity index is 469. The predicted molar refractivity (Wildman–Crippen MR) is 67.3 cm³/mol. The Hall–Kier alpha value is -1.62. The van der Waals surface area contributed by atoms with Gasteiger partial charge in [0.25, 0.3) is 0 Å². The van der Waals surface area contributed by atoms with E-state index in [2.05, 4.69) is 34.2 Å². The maximum absolute atomic E-state index is 4.35. The molecule has 0 saturated heterocycles. The average Bonchev–Trinajstić information content (AvgIpc) is 2.86. The van der Waals surface area contributed by atoms with Crippen LogP contribution < -0.4 is 5.32 Å². The van der Waals surface area contributed by atoms with Crippen molar-refractivity contribution in [3.8, 4) is 11.4 Å². The van der Waals surface area contributed by atoms with Crippen molar-refractivity contribution < 1.29 is 0 Å². The SMILES string of the molecule is CC(C)CNCc1cnc(-c2cnn(C)c2)[nH]1. The molecule has 0 amide bonds. The highest BCUT2D eigenvalue weighted by atomic mass is 15.2. The summed E-state index contributed by atoms with van der Waals surface area (Å²) in [5.41, 5.74) is 2.12. The smallest absolute Gasteiger partial charge is 0.140 e. The first-order valence-corrected chi connectivity index (χ1v) is 5.89. The number of aromatic nitrogens is 4. The molecular weight excluding hydrogens is 214 g/mol. The van der Waals surface area contributed by atoms with Crippen LogP contribution in [-0.2, 0) is 13.6 Å². The molecule has 2 heterocycles. The predicted octanol–water partition coefficient (Wildman–Crippen LogP) is 1.56. The Labute approximate surface area is 101 Å². The van der Waals surface area contributed by atoms with Gasteiger partial charge in [0.05, 0.1) is 11.8 Å². The Balaban J connectivity index is 1.96. The van der Waals surface area contributed by atoms with Gasteiger partial charge in [0, 0.05) is 31.7 Å². The lowest BCUT2D eigenvalue weighted by molar-refractivity contribution is 0.549. The standard InChI is InChI=1S/C12H19N5/c1-9(2)4-13-6-11-7-14-12(16-11)10-5-15-17(3)8-10/h5,7-9,13H,4,6H2,1-3H3,(H,14,16). The molecule has 0 saturated carbocycles. The first-order chi connectivity index (χ1) is 8.15. The van der Waals surface area contributed by atoms with Crippen molar-refractivity contribution >= 4 is 0 Å². The van der Waals surface area contributed by atoms with Gasteiger partial charge in [-0.25, -0.2) is 4.98 Å². The van der Waals surface area contributed by atoms with Crippen LogP contribution in [0.25, 0.3) is 11.4 Å². The minimum atomic E-state index is 0.663. The summed E-state index contributed by atoms with van der Waals surface area (Å²) in [7, 11) is 1.90. The first-order valence-electron chi connectivity index (χ1n) is 5.89. The molecule has 2 aromatic heterocycles. The fourth-order valence-electron chi connectivity index (χ4n) is 1.63. The van der Waals surface area contributed by atoms with Crippen LogP contribution in [0.3, 0.4) is 0 Å². The number of nitrogens with one attached hydrogen (secondary N) is 2. The summed E-state index contributed by atoms with van der Waals surface area (Å²) in [5, 5.41) is 7.51. The fraction of sp³-hybridized carbons (Fsp3) is 0.500. The molecular formula is C12H19N5. The second-order valence-electron chi connectivity index (χ2n) is 4.68. The van der Waals surface area contributed by atoms with Crippen LogP contribution in [0.5, 0.6) is 0 Å². The molecule has 2 aromatic rings. The lowest BCUT2D eigenvalue weighted by Crippen LogP contribution is -2.19. The average molecular weight is 233 g/mol. The van der Waals surface area contributed by atoms with E-state index in [9.17, 15) is 0 Å². The van der Waals surface area contributed by atoms with E-state index in [0.29, 0.717) is 5.92 Å². The third-order valence-corrected chi connectivity index (χ3v) is 2.47. The van der Waals surface area contributed by atoms with Crippen molar-refractivity contribution in [2.24, 2.45) is 13.0 Å². The second-order valence-corrected chi connectivity index (χ2v) is 4.68. The van der Waals surface area contributed by atoms with Crippen molar-refractivity contribution in [1.82, 2.24) is 25.1 Å². The van der Waals surface area contributed by atoms with Gasteiger partial charge in [-0.3, -0.25) is 4.68 Å². The van der Waals surface area contributed by atoms with E-state index < -0.39 is 0 Å². The zero-order chi connectivity index (χ0) is 12.3. The quantitative estimate of drug-likeness (QED) is 0.824. The number of nitrogens with zero attached hydrogens (tertiary/aromatic N) is 3. The number of aromatic amines is 1. The molecule has 0 fully saturated rings. The Morgan fingerprint density at radius 2 is 2.24 bits per heavy atom. The largest absolute Gasteiger partial charge is 0.341 e. The van der Waals surface area contributed by atoms with Crippen molar-refractivity contribution in [2.75, 3.05) is 6.54 Å². The Kier molecular flexibility index (Phi) is 3.58. The molecule has 0 bridgehead atoms. The van der Waals surface area contributed by atoms with Gasteiger partial charge >= 0.3 is 0 Å². The van der Waals surface area contributed by atoms with Crippen LogP contribution in [0.2, 0.25) is 0 Å². The molecule has 92 valence electrons. The third-order valence-electron chi connectivity index (χ3n) is 2.47. The Morgan fingerprint density at radius 1 is 1.41 bits per heavy atom. The normalized spacial score (nSPS) is 11.3. The summed E-state index contributed by atoms with van der Waals surface area (Å²) >= 11 is 0. The fourth-order valence-corrected chi connectivity index (χ4v) is 1.63. The number of H-pyrrole nitrogens is 1. The molecule has 17 heavy (non-hydrogen) atoms. The van der Waals surface area contributed by atoms with Gasteiger partial charge in [0.1, 0.15) is 5.82 Å². The maximum Gasteiger partial charge on any atom is 0.140 e. The summed E-state index contributed by atoms with van der Waals surface area (Å²) in [6.07, 6.45) is 5.63. The summed E-state index contributed by atoms with van der Waals surface area (Å²) in [5.74, 6) is 1.54. The van der Waals surface area contributed by atoms with Crippen LogP contribution in [0, 0.1) is 5.92 Å². The molecule has 0 aliphatic heterocycles. The topological polar surface area (TPSA) is 58.5 Å². The zero-order valence-electron chi connectivity index (χ0n) is 10.6. The monoisotopic (exact) mass is 233 g/mol. The van der Waals surface area contributed by atoms with E-state index in [1.807, 2.05) is 25.6 Å². The highest BCUT2D eigenvalue weighted by Crippen LogP contribution is 2.13. The van der Waals surface area contributed by atoms with Crippen molar-refractivity contribution in [2.45, 2.75) is 20.4 Å². The number of imidazole rings is 1. The summed E-state index contributed by atoms with van der Waals surface area (Å²) in [6, 6.07) is 0. The zero-order valence-corrected chi connectivity index (χ0v) is 10.6. The number of hydrogen-bond acceptors (Lipinski definition) is 3. The minimum Gasteiger partial charge on any atom is -0.341 e. The first kappa shape index (κ1) is 11.9. The molecule has 0 aliphatic rings. The maximum atomic E-state index is 4.35. The van der Waals surface area contributed by atoms with Crippen LogP contribution in [0.1, 0.15) is 19.5 Å². The molecule has 0 spiro atoms. The second kappa shape index (κ2) is 5.14. The molecule has 2 N–H and O–H groups in total. The lowest BCUT2D eigenvalue weighted by atomic mass is 10.2. The van der Waals surface area contributed by atoms with E-state index in [1.165, 1.54) is 0 Å². The van der Waals surface area contributed by atoms with Crippen LogP contribution in [0.4, 0.5) is 0 Å². The summed E-state index contributed by atoms with van der Waals surface area (Å²) in [6.45, 7) is 6.23. The summed E-state index contributed by atoms with van der Waals surface area (Å²) < 4.78 is 1.77. The van der Waals surface area contributed by atoms with E-state index in [-0.39, 0.29) is 0 Å². The van der Waals surface area contributed by atoms with Gasteiger partial charge in [-0.15, -0.1) is 0 Å². The van der Waals surface area contributed by atoms with Gasteiger partial charge in [-0.1, -0.05) is 13.8 Å². The molecule has 5 nitrogen and oxygen atoms in total. The van der Waals surface area contributed by atoms with Gasteiger partial charge in [-0.2, -0.15) is 5.10 Å². The molecule has 0 atom stereocenters. The van der Waals surface area contributed by atoms with E-state index in [4.69, 9.17) is 0 Å². The van der Waals surface area contributed by atoms with Crippen molar-refractivity contribution in [3.05, 3.63) is 24.3 Å². The van der Waals surface area contributed by atoms with Crippen molar-refractivity contribution in [3.63, 3.8) is 0 Å². The molecule has 5 heteroatoms. The Morgan fingerprint density at radius 3 is 2.88 bits per heavy atom. The van der Waals surface area contributed by atoms with Gasteiger partial charge in [0.2, 0.25) is 0 Å². The van der Waals surface area contributed by atoms with Gasteiger partial charge in [0.15, 0.2) is 0 Å². The molecule has 0 unspecified atom stereocenters. The molecule has 0 radical (unpaired) electrons. The molecule has 0 aliphatic carbocycles. The van der Waals surface area contributed by atoms with Crippen LogP contribution >= 0.6 is 0 Å². The minimum absolute atomic E-state index is 0.663. The van der Waals surface area contributed by atoms with Crippen molar-refractivity contribution in [1.29, 1.82) is 0 Å². The molecule has 0 aromatic carbocycles. The number of rotatable bonds is 5. The van der Waals surface area contributed by atoms with Crippen LogP contribution in [-0.4, -0.2) is 26.3 Å². The van der Waals surface area contributed by atoms with Gasteiger partial charge in [-0.05, 0) is 12.5 Å². The van der Waals surface area contributed by atoms with Gasteiger partial charge < -0.3 is 10.3 Å². The van der Waals surface area contributed by atoms with E-state index in [1.54, 1.807) is 4.68 Å². The molecule has 2 rings (SSSR count). The van der Waals surface area contributed by atoms with E-state index >= 15 is 0 Å². The number of aryl methyl sites for hydroxylation is 1. The van der Waals surface area contributed by atoms with E-state index in [0.717, 1.165) is 30.2 Å². The lowest BCUT2D eigenvalue weighted by Gasteiger charge is -2.05. The summed E-state index contributed by atoms with van der Waals surface area (Å²) in [4.78, 5) is 7.64.